The molecule has 0 fully saturated rings. The van der Waals surface area contributed by atoms with Crippen molar-refractivity contribution in [1.29, 1.82) is 0 Å². The van der Waals surface area contributed by atoms with Gasteiger partial charge in [0.1, 0.15) is 0 Å². The van der Waals surface area contributed by atoms with Crippen LogP contribution in [0.2, 0.25) is 0 Å². The van der Waals surface area contributed by atoms with Crippen molar-refractivity contribution < 1.29 is 71.4 Å². The quantitative estimate of drug-likeness (QED) is 0.315. The first-order valence-electron chi connectivity index (χ1n) is 2.17. The summed E-state index contributed by atoms with van der Waals surface area (Å²) in [6.45, 7) is 0. The van der Waals surface area contributed by atoms with Crippen LogP contribution in [0.15, 0.2) is 0 Å². The summed E-state index contributed by atoms with van der Waals surface area (Å²) in [5.41, 5.74) is 0. The van der Waals surface area contributed by atoms with Crippen LogP contribution < -0.4 is 29.6 Å². The van der Waals surface area contributed by atoms with E-state index in [0.717, 1.165) is 0 Å². The van der Waals surface area contributed by atoms with E-state index in [1.165, 1.54) is 0 Å². The number of aliphatic hydroxyl groups is 1. The van der Waals surface area contributed by atoms with E-state index in [0.29, 0.717) is 0 Å². The van der Waals surface area contributed by atoms with Gasteiger partial charge in [0.25, 0.3) is 10.1 Å². The zero-order valence-corrected chi connectivity index (χ0v) is 10.9. The van der Waals surface area contributed by atoms with Crippen LogP contribution in [-0.4, -0.2) is 35.7 Å². The molecule has 0 saturated heterocycles. The first kappa shape index (κ1) is 18.7. The number of rotatable bonds is 3. The number of aliphatic hydroxyl groups excluding tert-OH is 1. The largest absolute Gasteiger partial charge is 1.00 e. The standard InChI is InChI=1S/C3H8O4S2.Ag.Na/c4-3(1-8)2-9(5,6)7;;/h3-4,8H,1-2H2,(H,5,6,7);;/q;;+1. The van der Waals surface area contributed by atoms with E-state index in [-0.39, 0.29) is 59.1 Å². The molecule has 0 aromatic heterocycles. The van der Waals surface area contributed by atoms with Crippen molar-refractivity contribution in [2.75, 3.05) is 11.5 Å². The average molecular weight is 303 g/mol. The van der Waals surface area contributed by atoms with Crippen molar-refractivity contribution >= 4 is 22.7 Å². The summed E-state index contributed by atoms with van der Waals surface area (Å²) < 4.78 is 28.0. The van der Waals surface area contributed by atoms with Gasteiger partial charge in [-0.2, -0.15) is 8.42 Å². The fraction of sp³-hybridized carbons (Fsp3) is 1.00. The molecule has 1 unspecified atom stereocenters. The van der Waals surface area contributed by atoms with Crippen LogP contribution in [0.1, 0.15) is 1.43 Å². The number of hydrogen-bond acceptors (Lipinski definition) is 4. The molecule has 8 heteroatoms. The van der Waals surface area contributed by atoms with Crippen molar-refractivity contribution in [1.82, 2.24) is 0 Å². The third kappa shape index (κ3) is 14.8. The molecule has 4 nitrogen and oxygen atoms in total. The molecule has 0 aromatic carbocycles. The molecule has 0 aliphatic rings. The Bertz CT molecular complexity index is 175. The molecule has 0 saturated carbocycles. The van der Waals surface area contributed by atoms with E-state index < -0.39 is 22.0 Å². The van der Waals surface area contributed by atoms with Crippen LogP contribution >= 0.6 is 0 Å². The molecule has 1 atom stereocenters. The van der Waals surface area contributed by atoms with Crippen LogP contribution in [0.25, 0.3) is 0 Å². The van der Waals surface area contributed by atoms with Gasteiger partial charge >= 0.3 is 31.0 Å². The van der Waals surface area contributed by atoms with Gasteiger partial charge < -0.3 is 17.7 Å². The zero-order chi connectivity index (χ0) is 7.49. The third-order valence-corrected chi connectivity index (χ3v) is 1.79. The van der Waals surface area contributed by atoms with E-state index in [1.807, 2.05) is 0 Å². The summed E-state index contributed by atoms with van der Waals surface area (Å²) in [6.07, 6.45) is -1.13. The molecular weight excluding hydrogens is 295 g/mol. The summed E-state index contributed by atoms with van der Waals surface area (Å²) in [4.78, 5) is 0. The van der Waals surface area contributed by atoms with Crippen LogP contribution in [-0.2, 0) is 45.1 Å². The van der Waals surface area contributed by atoms with Gasteiger partial charge in [0.2, 0.25) is 0 Å². The molecule has 0 bridgehead atoms. The summed E-state index contributed by atoms with van der Waals surface area (Å²) in [5.74, 6) is -0.754. The minimum Gasteiger partial charge on any atom is -0.790 e. The Morgan fingerprint density at radius 1 is 1.55 bits per heavy atom. The van der Waals surface area contributed by atoms with Crippen LogP contribution in [0.4, 0.5) is 0 Å². The monoisotopic (exact) mass is 302 g/mol. The van der Waals surface area contributed by atoms with Crippen molar-refractivity contribution in [3.63, 3.8) is 0 Å². The molecule has 0 rings (SSSR count). The Labute approximate surface area is 111 Å². The summed E-state index contributed by atoms with van der Waals surface area (Å²) in [5, 5.41) is 8.55. The van der Waals surface area contributed by atoms with Gasteiger partial charge in [0, 0.05) is 28.5 Å². The number of hydrogen-bond donors (Lipinski definition) is 2. The molecule has 0 aliphatic heterocycles. The summed E-state index contributed by atoms with van der Waals surface area (Å²) in [7, 11) is -4.05. The second-order valence-electron chi connectivity index (χ2n) is 1.57. The van der Waals surface area contributed by atoms with Crippen molar-refractivity contribution in [3.8, 4) is 0 Å². The minimum absolute atomic E-state index is 0. The van der Waals surface area contributed by atoms with Gasteiger partial charge in [-0.25, -0.2) is 0 Å². The average Bonchev–Trinajstić information content (AvgIpc) is 1.62. The Balaban J connectivity index is -0.000000107. The molecule has 0 aliphatic carbocycles. The molecular formula is C3H8AgNaO4S2+. The second kappa shape index (κ2) is 8.55. The van der Waals surface area contributed by atoms with E-state index in [2.05, 4.69) is 12.6 Å². The molecule has 67 valence electrons. The van der Waals surface area contributed by atoms with E-state index >= 15 is 0 Å². The first-order chi connectivity index (χ1) is 3.95. The van der Waals surface area contributed by atoms with Gasteiger partial charge in [0.05, 0.1) is 5.75 Å². The predicted molar refractivity (Wildman–Crippen MR) is 35.8 cm³/mol. The van der Waals surface area contributed by atoms with Crippen LogP contribution in [0.5, 0.6) is 0 Å². The predicted octanol–water partition coefficient (Wildman–Crippen LogP) is -4.10. The van der Waals surface area contributed by atoms with Crippen molar-refractivity contribution in [3.05, 3.63) is 0 Å². The maximum atomic E-state index is 9.95. The first-order valence-corrected chi connectivity index (χ1v) is 4.35. The van der Waals surface area contributed by atoms with Gasteiger partial charge in [-0.05, 0) is 0 Å². The topological polar surface area (TPSA) is 74.6 Å². The van der Waals surface area contributed by atoms with Crippen molar-refractivity contribution in [2.24, 2.45) is 0 Å². The summed E-state index contributed by atoms with van der Waals surface area (Å²) >= 11 is 4.32. The Morgan fingerprint density at radius 2 is 1.91 bits per heavy atom. The molecule has 0 spiro atoms. The SMILES string of the molecule is O=S(=O)(O)CC(O)C[S-].[Ag].[H+].[Na+]. The molecule has 0 heterocycles. The van der Waals surface area contributed by atoms with Gasteiger partial charge in [-0.1, -0.05) is 0 Å². The third-order valence-electron chi connectivity index (χ3n) is 0.595. The Kier molecular flexibility index (Phi) is 14.5. The minimum atomic E-state index is -4.05. The molecule has 0 amide bonds. The fourth-order valence-electron chi connectivity index (χ4n) is 0.291. The van der Waals surface area contributed by atoms with Gasteiger partial charge in [-0.3, -0.25) is 4.55 Å². The maximum Gasteiger partial charge on any atom is 1.00 e. The molecule has 0 aromatic rings. The fourth-order valence-corrected chi connectivity index (χ4v) is 1.16. The van der Waals surface area contributed by atoms with Crippen LogP contribution in [0.3, 0.4) is 0 Å². The normalized spacial score (nSPS) is 12.6. The molecule has 11 heavy (non-hydrogen) atoms. The van der Waals surface area contributed by atoms with Gasteiger partial charge in [-0.15, -0.1) is 5.75 Å². The smallest absolute Gasteiger partial charge is 0.790 e. The van der Waals surface area contributed by atoms with Crippen LogP contribution in [0, 0.1) is 0 Å². The van der Waals surface area contributed by atoms with E-state index in [4.69, 9.17) is 9.66 Å². The second-order valence-corrected chi connectivity index (χ2v) is 3.40. The summed E-state index contributed by atoms with van der Waals surface area (Å²) in [6, 6.07) is 0. The molecule has 2 N–H and O–H groups in total. The zero-order valence-electron chi connectivity index (χ0n) is 6.82. The maximum absolute atomic E-state index is 9.95. The molecule has 1 radical (unpaired) electrons. The van der Waals surface area contributed by atoms with E-state index in [1.54, 1.807) is 0 Å². The Morgan fingerprint density at radius 3 is 2.00 bits per heavy atom. The van der Waals surface area contributed by atoms with Gasteiger partial charge in [0.15, 0.2) is 0 Å². The van der Waals surface area contributed by atoms with E-state index in [9.17, 15) is 8.42 Å². The van der Waals surface area contributed by atoms with Crippen molar-refractivity contribution in [2.45, 2.75) is 6.10 Å². The Hall–Kier alpha value is 1.96.